The number of pyridine rings is 1. The smallest absolute Gasteiger partial charge is 0.224 e. The van der Waals surface area contributed by atoms with Crippen molar-refractivity contribution in [2.45, 2.75) is 19.9 Å². The Kier molecular flexibility index (Phi) is 3.16. The van der Waals surface area contributed by atoms with Gasteiger partial charge in [0, 0.05) is 6.20 Å². The monoisotopic (exact) mass is 269 g/mol. The summed E-state index contributed by atoms with van der Waals surface area (Å²) in [6.45, 7) is 2.69. The first-order valence-corrected chi connectivity index (χ1v) is 6.41. The van der Waals surface area contributed by atoms with E-state index in [0.29, 0.717) is 18.0 Å². The lowest BCUT2D eigenvalue weighted by Gasteiger charge is -2.09. The molecule has 3 heterocycles. The third-order valence-corrected chi connectivity index (χ3v) is 3.12. The molecule has 0 unspecified atom stereocenters. The Morgan fingerprint density at radius 3 is 3.10 bits per heavy atom. The lowest BCUT2D eigenvalue weighted by Crippen LogP contribution is -2.08. The van der Waals surface area contributed by atoms with Gasteiger partial charge in [0.25, 0.3) is 0 Å². The Labute approximate surface area is 115 Å². The van der Waals surface area contributed by atoms with E-state index in [1.807, 2.05) is 6.07 Å². The molecule has 7 nitrogen and oxygen atoms in total. The van der Waals surface area contributed by atoms with Crippen molar-refractivity contribution < 1.29 is 0 Å². The van der Waals surface area contributed by atoms with Crippen LogP contribution < -0.4 is 11.1 Å². The SMILES string of the molecule is CCc1cccnc1CNc1nc(N)nc2[nH]ncc12. The number of hydrogen-bond acceptors (Lipinski definition) is 6. The molecule has 3 aromatic rings. The number of rotatable bonds is 4. The number of aromatic amines is 1. The average molecular weight is 269 g/mol. The lowest BCUT2D eigenvalue weighted by molar-refractivity contribution is 0.965. The van der Waals surface area contributed by atoms with Crippen LogP contribution in [-0.4, -0.2) is 25.1 Å². The summed E-state index contributed by atoms with van der Waals surface area (Å²) in [7, 11) is 0. The van der Waals surface area contributed by atoms with E-state index in [9.17, 15) is 0 Å². The van der Waals surface area contributed by atoms with Crippen molar-refractivity contribution in [1.29, 1.82) is 0 Å². The van der Waals surface area contributed by atoms with Crippen molar-refractivity contribution in [3.63, 3.8) is 0 Å². The quantitative estimate of drug-likeness (QED) is 0.663. The van der Waals surface area contributed by atoms with Crippen LogP contribution in [0.5, 0.6) is 0 Å². The van der Waals surface area contributed by atoms with Gasteiger partial charge in [0.05, 0.1) is 23.8 Å². The maximum atomic E-state index is 5.68. The van der Waals surface area contributed by atoms with E-state index in [0.717, 1.165) is 17.5 Å². The molecule has 0 atom stereocenters. The second-order valence-electron chi connectivity index (χ2n) is 4.38. The molecule has 0 amide bonds. The van der Waals surface area contributed by atoms with Crippen molar-refractivity contribution in [2.24, 2.45) is 0 Å². The predicted octanol–water partition coefficient (Wildman–Crippen LogP) is 1.50. The molecule has 0 fully saturated rings. The number of H-pyrrole nitrogens is 1. The van der Waals surface area contributed by atoms with Gasteiger partial charge in [-0.25, -0.2) is 0 Å². The molecule has 3 aromatic heterocycles. The van der Waals surface area contributed by atoms with Crippen LogP contribution in [0.1, 0.15) is 18.2 Å². The number of nitrogens with zero attached hydrogens (tertiary/aromatic N) is 4. The molecule has 7 heteroatoms. The number of aromatic nitrogens is 5. The summed E-state index contributed by atoms with van der Waals surface area (Å²) in [5, 5.41) is 10.8. The van der Waals surface area contributed by atoms with Crippen LogP contribution in [0.4, 0.5) is 11.8 Å². The van der Waals surface area contributed by atoms with Crippen LogP contribution in [0, 0.1) is 0 Å². The zero-order chi connectivity index (χ0) is 13.9. The Morgan fingerprint density at radius 2 is 2.25 bits per heavy atom. The van der Waals surface area contributed by atoms with Crippen molar-refractivity contribution in [3.05, 3.63) is 35.8 Å². The summed E-state index contributed by atoms with van der Waals surface area (Å²) in [4.78, 5) is 12.7. The van der Waals surface area contributed by atoms with E-state index >= 15 is 0 Å². The highest BCUT2D eigenvalue weighted by atomic mass is 15.2. The van der Waals surface area contributed by atoms with E-state index in [2.05, 4.69) is 43.5 Å². The summed E-state index contributed by atoms with van der Waals surface area (Å²) in [6.07, 6.45) is 4.41. The molecule has 0 saturated carbocycles. The molecule has 0 aromatic carbocycles. The summed E-state index contributed by atoms with van der Waals surface area (Å²) in [6, 6.07) is 4.02. The van der Waals surface area contributed by atoms with Gasteiger partial charge in [0.15, 0.2) is 5.65 Å². The maximum absolute atomic E-state index is 5.68. The van der Waals surface area contributed by atoms with E-state index in [1.165, 1.54) is 5.56 Å². The van der Waals surface area contributed by atoms with Crippen molar-refractivity contribution in [1.82, 2.24) is 25.1 Å². The van der Waals surface area contributed by atoms with Crippen LogP contribution in [0.3, 0.4) is 0 Å². The Bertz CT molecular complexity index is 734. The molecular formula is C13H15N7. The van der Waals surface area contributed by atoms with Crippen LogP contribution in [-0.2, 0) is 13.0 Å². The van der Waals surface area contributed by atoms with Crippen LogP contribution in [0.25, 0.3) is 11.0 Å². The molecule has 0 bridgehead atoms. The fourth-order valence-electron chi connectivity index (χ4n) is 2.11. The van der Waals surface area contributed by atoms with E-state index < -0.39 is 0 Å². The van der Waals surface area contributed by atoms with Crippen LogP contribution >= 0.6 is 0 Å². The second-order valence-corrected chi connectivity index (χ2v) is 4.38. The highest BCUT2D eigenvalue weighted by Gasteiger charge is 2.09. The van der Waals surface area contributed by atoms with Gasteiger partial charge in [-0.15, -0.1) is 0 Å². The number of fused-ring (bicyclic) bond motifs is 1. The Hall–Kier alpha value is -2.70. The maximum Gasteiger partial charge on any atom is 0.224 e. The molecule has 0 aliphatic rings. The zero-order valence-electron chi connectivity index (χ0n) is 11.1. The third-order valence-electron chi connectivity index (χ3n) is 3.12. The van der Waals surface area contributed by atoms with Gasteiger partial charge in [-0.1, -0.05) is 13.0 Å². The highest BCUT2D eigenvalue weighted by Crippen LogP contribution is 2.19. The molecule has 0 spiro atoms. The average Bonchev–Trinajstić information content (AvgIpc) is 2.93. The first-order valence-electron chi connectivity index (χ1n) is 6.41. The van der Waals surface area contributed by atoms with Gasteiger partial charge < -0.3 is 11.1 Å². The van der Waals surface area contributed by atoms with E-state index in [-0.39, 0.29) is 5.95 Å². The summed E-state index contributed by atoms with van der Waals surface area (Å²) >= 11 is 0. The molecule has 102 valence electrons. The van der Waals surface area contributed by atoms with Gasteiger partial charge >= 0.3 is 0 Å². The zero-order valence-corrected chi connectivity index (χ0v) is 11.1. The second kappa shape index (κ2) is 5.12. The number of nitrogen functional groups attached to an aromatic ring is 1. The van der Waals surface area contributed by atoms with Gasteiger partial charge in [-0.3, -0.25) is 10.1 Å². The first kappa shape index (κ1) is 12.3. The minimum atomic E-state index is 0.209. The topological polar surface area (TPSA) is 105 Å². The van der Waals surface area contributed by atoms with Gasteiger partial charge in [0.1, 0.15) is 5.82 Å². The molecule has 3 rings (SSSR count). The minimum Gasteiger partial charge on any atom is -0.368 e. The van der Waals surface area contributed by atoms with Crippen molar-refractivity contribution in [3.8, 4) is 0 Å². The van der Waals surface area contributed by atoms with Crippen molar-refractivity contribution >= 4 is 22.8 Å². The number of anilines is 2. The molecule has 4 N–H and O–H groups in total. The standard InChI is InChI=1S/C13H15N7/c1-2-8-4-3-5-15-10(8)7-16-11-9-6-17-20-12(9)19-13(14)18-11/h3-6H,2,7H2,1H3,(H4,14,16,17,18,19,20). The van der Waals surface area contributed by atoms with Gasteiger partial charge in [0.2, 0.25) is 5.95 Å². The van der Waals surface area contributed by atoms with Crippen LogP contribution in [0.15, 0.2) is 24.5 Å². The fourth-order valence-corrected chi connectivity index (χ4v) is 2.11. The van der Waals surface area contributed by atoms with E-state index in [4.69, 9.17) is 5.73 Å². The lowest BCUT2D eigenvalue weighted by atomic mass is 10.1. The number of hydrogen-bond donors (Lipinski definition) is 3. The molecule has 20 heavy (non-hydrogen) atoms. The largest absolute Gasteiger partial charge is 0.368 e. The van der Waals surface area contributed by atoms with Crippen molar-refractivity contribution in [2.75, 3.05) is 11.1 Å². The van der Waals surface area contributed by atoms with Gasteiger partial charge in [-0.05, 0) is 18.1 Å². The predicted molar refractivity (Wildman–Crippen MR) is 77.0 cm³/mol. The molecule has 0 saturated heterocycles. The molecule has 0 radical (unpaired) electrons. The Morgan fingerprint density at radius 1 is 1.35 bits per heavy atom. The third kappa shape index (κ3) is 2.25. The van der Waals surface area contributed by atoms with Crippen LogP contribution in [0.2, 0.25) is 0 Å². The molecule has 0 aliphatic carbocycles. The number of aryl methyl sites for hydroxylation is 1. The molecular weight excluding hydrogens is 254 g/mol. The normalized spacial score (nSPS) is 10.8. The Balaban J connectivity index is 1.88. The summed E-state index contributed by atoms with van der Waals surface area (Å²) < 4.78 is 0. The number of nitrogens with one attached hydrogen (secondary N) is 2. The van der Waals surface area contributed by atoms with E-state index in [1.54, 1.807) is 12.4 Å². The minimum absolute atomic E-state index is 0.209. The first-order chi connectivity index (χ1) is 9.78. The number of nitrogens with two attached hydrogens (primary N) is 1. The highest BCUT2D eigenvalue weighted by molar-refractivity contribution is 5.86. The fraction of sp³-hybridized carbons (Fsp3) is 0.231. The molecule has 0 aliphatic heterocycles. The summed E-state index contributed by atoms with van der Waals surface area (Å²) in [5.74, 6) is 0.870. The summed E-state index contributed by atoms with van der Waals surface area (Å²) in [5.41, 5.74) is 8.52. The van der Waals surface area contributed by atoms with Gasteiger partial charge in [-0.2, -0.15) is 15.1 Å².